The monoisotopic (exact) mass is 440 g/mol. The molecule has 23 heavy (non-hydrogen) atoms. The number of rotatable bonds is 3. The van der Waals surface area contributed by atoms with Crippen LogP contribution in [0.4, 0.5) is 5.69 Å². The van der Waals surface area contributed by atoms with Crippen molar-refractivity contribution in [2.45, 2.75) is 25.8 Å². The van der Waals surface area contributed by atoms with E-state index in [4.69, 9.17) is 0 Å². The van der Waals surface area contributed by atoms with Crippen LogP contribution in [-0.4, -0.2) is 29.3 Å². The Morgan fingerprint density at radius 2 is 2.17 bits per heavy atom. The third-order valence-electron chi connectivity index (χ3n) is 3.99. The minimum absolute atomic E-state index is 0.0445. The summed E-state index contributed by atoms with van der Waals surface area (Å²) in [7, 11) is 0. The van der Waals surface area contributed by atoms with Crippen molar-refractivity contribution < 1.29 is 9.59 Å². The molecule has 2 amide bonds. The molecular weight excluding hydrogens is 423 g/mol. The molecule has 1 fully saturated rings. The number of carbonyl (C=O) groups is 2. The number of nitrogens with one attached hydrogen (secondary N) is 1. The first-order valence-corrected chi connectivity index (χ1v) is 9.43. The van der Waals surface area contributed by atoms with E-state index in [0.717, 1.165) is 21.2 Å². The van der Waals surface area contributed by atoms with Gasteiger partial charge in [0.05, 0.1) is 4.88 Å². The Bertz CT molecular complexity index is 730. The highest BCUT2D eigenvalue weighted by Crippen LogP contribution is 2.24. The Balaban J connectivity index is 1.74. The highest BCUT2D eigenvalue weighted by molar-refractivity contribution is 14.1. The van der Waals surface area contributed by atoms with E-state index in [-0.39, 0.29) is 17.9 Å². The van der Waals surface area contributed by atoms with Crippen molar-refractivity contribution in [1.82, 2.24) is 4.90 Å². The van der Waals surface area contributed by atoms with E-state index in [9.17, 15) is 9.59 Å². The number of aryl methyl sites for hydroxylation is 1. The fourth-order valence-electron chi connectivity index (χ4n) is 2.81. The van der Waals surface area contributed by atoms with E-state index in [1.54, 1.807) is 4.90 Å². The van der Waals surface area contributed by atoms with Crippen molar-refractivity contribution in [1.29, 1.82) is 0 Å². The average Bonchev–Trinajstić information content (AvgIpc) is 3.20. The van der Waals surface area contributed by atoms with Gasteiger partial charge in [0.2, 0.25) is 5.91 Å². The molecule has 1 atom stereocenters. The second-order valence-electron chi connectivity index (χ2n) is 5.58. The first-order valence-electron chi connectivity index (χ1n) is 7.48. The fraction of sp³-hybridized carbons (Fsp3) is 0.294. The zero-order valence-electron chi connectivity index (χ0n) is 12.7. The van der Waals surface area contributed by atoms with Gasteiger partial charge in [0, 0.05) is 15.8 Å². The van der Waals surface area contributed by atoms with Gasteiger partial charge >= 0.3 is 0 Å². The molecule has 1 aliphatic rings. The van der Waals surface area contributed by atoms with Gasteiger partial charge in [-0.2, -0.15) is 0 Å². The Kier molecular flexibility index (Phi) is 5.01. The van der Waals surface area contributed by atoms with Gasteiger partial charge in [-0.05, 0) is 77.6 Å². The lowest BCUT2D eigenvalue weighted by atomic mass is 10.1. The second-order valence-corrected chi connectivity index (χ2v) is 7.78. The number of thiophene rings is 1. The Morgan fingerprint density at radius 1 is 1.35 bits per heavy atom. The lowest BCUT2D eigenvalue weighted by molar-refractivity contribution is -0.119. The van der Waals surface area contributed by atoms with Crippen LogP contribution in [0, 0.1) is 10.5 Å². The highest BCUT2D eigenvalue weighted by Gasteiger charge is 2.35. The first-order chi connectivity index (χ1) is 11.1. The zero-order valence-corrected chi connectivity index (χ0v) is 15.7. The molecule has 1 aromatic heterocycles. The van der Waals surface area contributed by atoms with Crippen molar-refractivity contribution in [3.05, 3.63) is 49.7 Å². The molecule has 2 aromatic rings. The van der Waals surface area contributed by atoms with Crippen LogP contribution >= 0.6 is 33.9 Å². The molecular formula is C17H17IN2O2S. The lowest BCUT2D eigenvalue weighted by Crippen LogP contribution is -2.43. The number of carbonyl (C=O) groups excluding carboxylic acids is 2. The number of likely N-dealkylation sites (tertiary alicyclic amines) is 1. The third kappa shape index (κ3) is 3.58. The summed E-state index contributed by atoms with van der Waals surface area (Å²) >= 11 is 3.66. The number of benzene rings is 1. The summed E-state index contributed by atoms with van der Waals surface area (Å²) in [6, 6.07) is 9.19. The van der Waals surface area contributed by atoms with Crippen LogP contribution < -0.4 is 5.32 Å². The van der Waals surface area contributed by atoms with E-state index >= 15 is 0 Å². The standard InChI is InChI=1S/C17H17IN2O2S/c1-11-10-12(18)6-7-13(11)19-16(21)14-4-2-8-20(14)17(22)15-5-3-9-23-15/h3,5-7,9-10,14H,2,4,8H2,1H3,(H,19,21)/t14-/m0/s1. The molecule has 3 rings (SSSR count). The average molecular weight is 440 g/mol. The first kappa shape index (κ1) is 16.4. The van der Waals surface area contributed by atoms with E-state index < -0.39 is 0 Å². The summed E-state index contributed by atoms with van der Waals surface area (Å²) in [4.78, 5) is 27.6. The molecule has 1 aromatic carbocycles. The Labute approximate surface area is 153 Å². The SMILES string of the molecule is Cc1cc(I)ccc1NC(=O)[C@@H]1CCCN1C(=O)c1cccs1. The van der Waals surface area contributed by atoms with Gasteiger partial charge in [-0.25, -0.2) is 0 Å². The van der Waals surface area contributed by atoms with Crippen LogP contribution in [-0.2, 0) is 4.79 Å². The molecule has 0 bridgehead atoms. The van der Waals surface area contributed by atoms with Crippen LogP contribution in [0.1, 0.15) is 28.1 Å². The Morgan fingerprint density at radius 3 is 2.87 bits per heavy atom. The zero-order chi connectivity index (χ0) is 16.4. The summed E-state index contributed by atoms with van der Waals surface area (Å²) in [6.45, 7) is 2.61. The number of hydrogen-bond acceptors (Lipinski definition) is 3. The van der Waals surface area contributed by atoms with Gasteiger partial charge in [0.15, 0.2) is 0 Å². The van der Waals surface area contributed by atoms with Crippen molar-refractivity contribution >= 4 is 51.4 Å². The maximum absolute atomic E-state index is 12.6. The van der Waals surface area contributed by atoms with Crippen LogP contribution in [0.15, 0.2) is 35.7 Å². The summed E-state index contributed by atoms with van der Waals surface area (Å²) in [5, 5.41) is 4.86. The van der Waals surface area contributed by atoms with Crippen LogP contribution in [0.3, 0.4) is 0 Å². The maximum atomic E-state index is 12.6. The molecule has 1 N–H and O–H groups in total. The molecule has 6 heteroatoms. The molecule has 0 aliphatic carbocycles. The van der Waals surface area contributed by atoms with Gasteiger partial charge in [-0.1, -0.05) is 6.07 Å². The fourth-order valence-corrected chi connectivity index (χ4v) is 4.13. The van der Waals surface area contributed by atoms with E-state index in [0.29, 0.717) is 17.8 Å². The summed E-state index contributed by atoms with van der Waals surface area (Å²) < 4.78 is 1.13. The van der Waals surface area contributed by atoms with Gasteiger partial charge in [-0.15, -0.1) is 11.3 Å². The van der Waals surface area contributed by atoms with Gasteiger partial charge in [-0.3, -0.25) is 9.59 Å². The molecule has 0 unspecified atom stereocenters. The molecule has 2 heterocycles. The third-order valence-corrected chi connectivity index (χ3v) is 5.52. The summed E-state index contributed by atoms with van der Waals surface area (Å²) in [5.41, 5.74) is 1.84. The second kappa shape index (κ2) is 7.00. The number of hydrogen-bond donors (Lipinski definition) is 1. The van der Waals surface area contributed by atoms with Crippen LogP contribution in [0.5, 0.6) is 0 Å². The molecule has 1 aliphatic heterocycles. The summed E-state index contributed by atoms with van der Waals surface area (Å²) in [5.74, 6) is -0.145. The normalized spacial score (nSPS) is 17.3. The Hall–Kier alpha value is -1.41. The summed E-state index contributed by atoms with van der Waals surface area (Å²) in [6.07, 6.45) is 1.58. The quantitative estimate of drug-likeness (QED) is 0.737. The molecule has 0 radical (unpaired) electrons. The number of anilines is 1. The van der Waals surface area contributed by atoms with E-state index in [1.165, 1.54) is 11.3 Å². The van der Waals surface area contributed by atoms with Crippen molar-refractivity contribution in [2.75, 3.05) is 11.9 Å². The topological polar surface area (TPSA) is 49.4 Å². The molecule has 1 saturated heterocycles. The minimum atomic E-state index is -0.386. The largest absolute Gasteiger partial charge is 0.326 e. The van der Waals surface area contributed by atoms with Crippen LogP contribution in [0.25, 0.3) is 0 Å². The van der Waals surface area contributed by atoms with Gasteiger partial charge in [0.25, 0.3) is 5.91 Å². The molecule has 120 valence electrons. The van der Waals surface area contributed by atoms with E-state index in [1.807, 2.05) is 42.6 Å². The number of amides is 2. The van der Waals surface area contributed by atoms with Crippen LogP contribution in [0.2, 0.25) is 0 Å². The molecule has 4 nitrogen and oxygen atoms in total. The van der Waals surface area contributed by atoms with E-state index in [2.05, 4.69) is 27.9 Å². The predicted molar refractivity (Wildman–Crippen MR) is 101 cm³/mol. The smallest absolute Gasteiger partial charge is 0.264 e. The number of halogens is 1. The van der Waals surface area contributed by atoms with Crippen molar-refractivity contribution in [3.63, 3.8) is 0 Å². The molecule has 0 saturated carbocycles. The molecule has 0 spiro atoms. The highest BCUT2D eigenvalue weighted by atomic mass is 127. The maximum Gasteiger partial charge on any atom is 0.264 e. The lowest BCUT2D eigenvalue weighted by Gasteiger charge is -2.23. The van der Waals surface area contributed by atoms with Gasteiger partial charge < -0.3 is 10.2 Å². The predicted octanol–water partition coefficient (Wildman–Crippen LogP) is 3.90. The van der Waals surface area contributed by atoms with Gasteiger partial charge in [0.1, 0.15) is 6.04 Å². The van der Waals surface area contributed by atoms with Crippen molar-refractivity contribution in [3.8, 4) is 0 Å². The number of nitrogens with zero attached hydrogens (tertiary/aromatic N) is 1. The van der Waals surface area contributed by atoms with Crippen molar-refractivity contribution in [2.24, 2.45) is 0 Å². The minimum Gasteiger partial charge on any atom is -0.326 e.